The van der Waals surface area contributed by atoms with Gasteiger partial charge >= 0.3 is 5.97 Å². The van der Waals surface area contributed by atoms with Crippen LogP contribution in [0.4, 0.5) is 0 Å². The lowest BCUT2D eigenvalue weighted by molar-refractivity contribution is -0.137. The number of rotatable bonds is 4. The molecule has 12 heavy (non-hydrogen) atoms. The molecule has 0 aliphatic carbocycles. The molecule has 6 nitrogen and oxygen atoms in total. The zero-order chi connectivity index (χ0) is 9.98. The van der Waals surface area contributed by atoms with Crippen LogP contribution in [0.1, 0.15) is 6.42 Å². The van der Waals surface area contributed by atoms with Gasteiger partial charge in [-0.3, -0.25) is 4.79 Å². The highest BCUT2D eigenvalue weighted by atomic mass is 16.4. The minimum Gasteiger partial charge on any atom is -0.481 e. The summed E-state index contributed by atoms with van der Waals surface area (Å²) < 4.78 is 0. The predicted octanol–water partition coefficient (Wildman–Crippen LogP) is -2.21. The maximum Gasteiger partial charge on any atom is 0.305 e. The summed E-state index contributed by atoms with van der Waals surface area (Å²) in [5.41, 5.74) is 0. The summed E-state index contributed by atoms with van der Waals surface area (Å²) in [6.07, 6.45) is -1.11. The van der Waals surface area contributed by atoms with E-state index in [9.17, 15) is 4.79 Å². The number of hydrogen-bond acceptors (Lipinski definition) is 5. The second-order valence-electron chi connectivity index (χ2n) is 1.89. The molecule has 0 spiro atoms. The van der Waals surface area contributed by atoms with Gasteiger partial charge in [0.2, 0.25) is 0 Å². The smallest absolute Gasteiger partial charge is 0.305 e. The largest absolute Gasteiger partial charge is 0.481 e. The number of hydrogen-bond donors (Lipinski definition) is 5. The van der Waals surface area contributed by atoms with E-state index in [1.54, 1.807) is 0 Å². The molecule has 6 heteroatoms. The Morgan fingerprint density at radius 1 is 1.17 bits per heavy atom. The summed E-state index contributed by atoms with van der Waals surface area (Å²) in [6, 6.07) is 0. The zero-order valence-electron chi connectivity index (χ0n) is 6.55. The fraction of sp³-hybridized carbons (Fsp3) is 0.833. The fourth-order valence-corrected chi connectivity index (χ4v) is 0.153. The van der Waals surface area contributed by atoms with Crippen molar-refractivity contribution in [1.82, 2.24) is 0 Å². The van der Waals surface area contributed by atoms with Crippen LogP contribution in [0.25, 0.3) is 0 Å². The molecule has 0 aromatic carbocycles. The van der Waals surface area contributed by atoms with Crippen molar-refractivity contribution in [3.63, 3.8) is 0 Å². The molecule has 0 rings (SSSR count). The third kappa shape index (κ3) is 16.1. The maximum absolute atomic E-state index is 9.44. The number of carboxylic acids is 1. The molecule has 0 heterocycles. The first-order chi connectivity index (χ1) is 5.58. The molecule has 0 fully saturated rings. The van der Waals surface area contributed by atoms with Gasteiger partial charge in [0.05, 0.1) is 26.2 Å². The standard InChI is InChI=1S/C3H8O3.C3H6O3/c4-1-3(6)2-5;4-2-1-3(5)6/h3-6H,1-2H2;4H,1-2H2,(H,5,6). The zero-order valence-corrected chi connectivity index (χ0v) is 6.55. The molecule has 5 N–H and O–H groups in total. The van der Waals surface area contributed by atoms with Gasteiger partial charge in [-0.05, 0) is 0 Å². The Kier molecular flexibility index (Phi) is 11.9. The van der Waals surface area contributed by atoms with Crippen LogP contribution in [0, 0.1) is 0 Å². The van der Waals surface area contributed by atoms with Crippen molar-refractivity contribution in [3.8, 4) is 0 Å². The van der Waals surface area contributed by atoms with E-state index in [1.807, 2.05) is 0 Å². The van der Waals surface area contributed by atoms with Crippen LogP contribution in [0.3, 0.4) is 0 Å². The van der Waals surface area contributed by atoms with Crippen molar-refractivity contribution in [2.45, 2.75) is 12.5 Å². The molecule has 0 aliphatic rings. The minimum atomic E-state index is -0.961. The van der Waals surface area contributed by atoms with Crippen LogP contribution in [-0.4, -0.2) is 57.4 Å². The summed E-state index contributed by atoms with van der Waals surface area (Å²) in [5, 5.41) is 39.6. The van der Waals surface area contributed by atoms with Gasteiger partial charge < -0.3 is 25.5 Å². The van der Waals surface area contributed by atoms with Crippen LogP contribution in [0.15, 0.2) is 0 Å². The second-order valence-corrected chi connectivity index (χ2v) is 1.89. The van der Waals surface area contributed by atoms with Crippen LogP contribution < -0.4 is 0 Å². The SMILES string of the molecule is O=C(O)CCO.OCC(O)CO. The van der Waals surface area contributed by atoms with E-state index in [4.69, 9.17) is 25.5 Å². The van der Waals surface area contributed by atoms with Crippen molar-refractivity contribution < 1.29 is 30.3 Å². The lowest BCUT2D eigenvalue weighted by atomic mass is 10.4. The third-order valence-corrected chi connectivity index (χ3v) is 0.747. The van der Waals surface area contributed by atoms with Gasteiger partial charge in [0.1, 0.15) is 6.10 Å². The molecule has 0 amide bonds. The van der Waals surface area contributed by atoms with Gasteiger partial charge in [-0.25, -0.2) is 0 Å². The van der Waals surface area contributed by atoms with E-state index in [0.717, 1.165) is 0 Å². The Morgan fingerprint density at radius 3 is 1.58 bits per heavy atom. The molecular formula is C6H14O6. The Balaban J connectivity index is 0. The van der Waals surface area contributed by atoms with E-state index in [-0.39, 0.29) is 26.2 Å². The average Bonchev–Trinajstić information content (AvgIpc) is 2.04. The number of carboxylic acid groups (broad SMARTS) is 1. The fourth-order valence-electron chi connectivity index (χ4n) is 0.153. The van der Waals surface area contributed by atoms with E-state index in [0.29, 0.717) is 0 Å². The topological polar surface area (TPSA) is 118 Å². The van der Waals surface area contributed by atoms with Crippen LogP contribution in [0.2, 0.25) is 0 Å². The molecule has 0 saturated heterocycles. The first kappa shape index (κ1) is 13.9. The summed E-state index contributed by atoms with van der Waals surface area (Å²) in [7, 11) is 0. The summed E-state index contributed by atoms with van der Waals surface area (Å²) in [5.74, 6) is -0.961. The van der Waals surface area contributed by atoms with Crippen molar-refractivity contribution in [1.29, 1.82) is 0 Å². The number of aliphatic hydroxyl groups excluding tert-OH is 4. The Labute approximate surface area is 69.7 Å². The molecule has 0 bridgehead atoms. The third-order valence-electron chi connectivity index (χ3n) is 0.747. The van der Waals surface area contributed by atoms with Crippen LogP contribution >= 0.6 is 0 Å². The van der Waals surface area contributed by atoms with E-state index in [2.05, 4.69) is 0 Å². The van der Waals surface area contributed by atoms with Gasteiger partial charge in [-0.1, -0.05) is 0 Å². The normalized spacial score (nSPS) is 9.08. The molecule has 0 aromatic rings. The molecule has 0 aliphatic heterocycles. The van der Waals surface area contributed by atoms with Crippen LogP contribution in [0.5, 0.6) is 0 Å². The second kappa shape index (κ2) is 10.3. The van der Waals surface area contributed by atoms with Gasteiger partial charge in [0.15, 0.2) is 0 Å². The van der Waals surface area contributed by atoms with Crippen molar-refractivity contribution >= 4 is 5.97 Å². The van der Waals surface area contributed by atoms with Crippen molar-refractivity contribution in [2.75, 3.05) is 19.8 Å². The number of aliphatic hydroxyl groups is 4. The lowest BCUT2D eigenvalue weighted by Gasteiger charge is -1.96. The Bertz CT molecular complexity index is 100. The molecule has 0 saturated carbocycles. The summed E-state index contributed by atoms with van der Waals surface area (Å²) >= 11 is 0. The number of carbonyl (C=O) groups is 1. The monoisotopic (exact) mass is 182 g/mol. The molecule has 74 valence electrons. The first-order valence-electron chi connectivity index (χ1n) is 3.30. The van der Waals surface area contributed by atoms with E-state index < -0.39 is 12.1 Å². The Morgan fingerprint density at radius 2 is 1.58 bits per heavy atom. The quantitative estimate of drug-likeness (QED) is 0.336. The first-order valence-corrected chi connectivity index (χ1v) is 3.30. The van der Waals surface area contributed by atoms with Crippen molar-refractivity contribution in [2.24, 2.45) is 0 Å². The lowest BCUT2D eigenvalue weighted by Crippen LogP contribution is -2.15. The Hall–Kier alpha value is -0.690. The van der Waals surface area contributed by atoms with E-state index >= 15 is 0 Å². The predicted molar refractivity (Wildman–Crippen MR) is 39.5 cm³/mol. The molecule has 0 radical (unpaired) electrons. The molecule has 0 aromatic heterocycles. The van der Waals surface area contributed by atoms with E-state index in [1.165, 1.54) is 0 Å². The molecule has 0 unspecified atom stereocenters. The van der Waals surface area contributed by atoms with Gasteiger partial charge in [0.25, 0.3) is 0 Å². The van der Waals surface area contributed by atoms with Crippen LogP contribution in [-0.2, 0) is 4.79 Å². The van der Waals surface area contributed by atoms with Gasteiger partial charge in [0, 0.05) is 0 Å². The van der Waals surface area contributed by atoms with Gasteiger partial charge in [-0.2, -0.15) is 0 Å². The average molecular weight is 182 g/mol. The highest BCUT2D eigenvalue weighted by molar-refractivity contribution is 5.66. The maximum atomic E-state index is 9.44. The molecule has 0 atom stereocenters. The summed E-state index contributed by atoms with van der Waals surface area (Å²) in [4.78, 5) is 9.44. The summed E-state index contributed by atoms with van der Waals surface area (Å²) in [6.45, 7) is -0.998. The highest BCUT2D eigenvalue weighted by Crippen LogP contribution is 1.71. The molecular weight excluding hydrogens is 168 g/mol. The van der Waals surface area contributed by atoms with Crippen molar-refractivity contribution in [3.05, 3.63) is 0 Å². The minimum absolute atomic E-state index is 0.153. The number of aliphatic carboxylic acids is 1. The van der Waals surface area contributed by atoms with Gasteiger partial charge in [-0.15, -0.1) is 0 Å². The highest BCUT2D eigenvalue weighted by Gasteiger charge is 1.93.